The lowest BCUT2D eigenvalue weighted by atomic mass is 9.91. The Kier molecular flexibility index (Phi) is 4.27. The van der Waals surface area contributed by atoms with Crippen LogP contribution >= 0.6 is 0 Å². The second kappa shape index (κ2) is 7.11. The van der Waals surface area contributed by atoms with E-state index < -0.39 is 0 Å². The summed E-state index contributed by atoms with van der Waals surface area (Å²) in [7, 11) is 1.71. The van der Waals surface area contributed by atoms with E-state index in [9.17, 15) is 9.59 Å². The van der Waals surface area contributed by atoms with Crippen LogP contribution in [0.1, 0.15) is 29.2 Å². The van der Waals surface area contributed by atoms with Crippen molar-refractivity contribution >= 4 is 29.5 Å². The van der Waals surface area contributed by atoms with Crippen molar-refractivity contribution in [2.24, 2.45) is 7.05 Å². The van der Waals surface area contributed by atoms with Gasteiger partial charge >= 0.3 is 0 Å². The number of fused-ring (bicyclic) bond motifs is 2. The molecule has 0 saturated carbocycles. The number of ether oxygens (including phenoxy) is 2. The maximum atomic E-state index is 12.6. The molecule has 5 rings (SSSR count). The molecule has 4 heterocycles. The van der Waals surface area contributed by atoms with E-state index in [1.807, 2.05) is 12.1 Å². The smallest absolute Gasteiger partial charge is 0.249 e. The predicted molar refractivity (Wildman–Crippen MR) is 107 cm³/mol. The number of hydrogen-bond donors (Lipinski definition) is 2. The van der Waals surface area contributed by atoms with E-state index >= 15 is 0 Å². The zero-order valence-electron chi connectivity index (χ0n) is 16.0. The van der Waals surface area contributed by atoms with Crippen LogP contribution in [0.25, 0.3) is 6.08 Å². The molecule has 0 bridgehead atoms. The highest BCUT2D eigenvalue weighted by molar-refractivity contribution is 6.03. The van der Waals surface area contributed by atoms with Gasteiger partial charge in [-0.2, -0.15) is 5.10 Å². The number of rotatable bonds is 4. The molecule has 3 aromatic rings. The summed E-state index contributed by atoms with van der Waals surface area (Å²) in [6.45, 7) is 0.196. The van der Waals surface area contributed by atoms with Crippen LogP contribution in [0.4, 0.5) is 11.6 Å². The zero-order valence-corrected chi connectivity index (χ0v) is 16.0. The second-order valence-electron chi connectivity index (χ2n) is 6.99. The Morgan fingerprint density at radius 1 is 1.30 bits per heavy atom. The molecule has 0 fully saturated rings. The third kappa shape index (κ3) is 3.20. The van der Waals surface area contributed by atoms with E-state index in [1.165, 1.54) is 6.08 Å². The van der Waals surface area contributed by atoms with Crippen LogP contribution in [0.15, 0.2) is 47.1 Å². The van der Waals surface area contributed by atoms with Crippen molar-refractivity contribution in [2.45, 2.75) is 12.3 Å². The topological polar surface area (TPSA) is 108 Å². The zero-order chi connectivity index (χ0) is 20.7. The summed E-state index contributed by atoms with van der Waals surface area (Å²) in [5.41, 5.74) is 1.52. The molecule has 2 aliphatic rings. The van der Waals surface area contributed by atoms with Crippen molar-refractivity contribution in [1.82, 2.24) is 9.78 Å². The van der Waals surface area contributed by atoms with Gasteiger partial charge in [-0.1, -0.05) is 6.07 Å². The minimum atomic E-state index is -0.344. The van der Waals surface area contributed by atoms with Gasteiger partial charge in [0.25, 0.3) is 0 Å². The van der Waals surface area contributed by atoms with Gasteiger partial charge in [0.05, 0.1) is 17.7 Å². The molecule has 2 N–H and O–H groups in total. The van der Waals surface area contributed by atoms with Gasteiger partial charge in [0.15, 0.2) is 17.3 Å². The fraction of sp³-hybridized carbons (Fsp3) is 0.190. The van der Waals surface area contributed by atoms with E-state index in [-0.39, 0.29) is 30.9 Å². The number of nitrogens with one attached hydrogen (secondary N) is 2. The van der Waals surface area contributed by atoms with Gasteiger partial charge in [-0.3, -0.25) is 14.3 Å². The van der Waals surface area contributed by atoms with Crippen LogP contribution in [-0.2, 0) is 16.6 Å². The number of anilines is 2. The molecule has 0 radical (unpaired) electrons. The number of amides is 2. The second-order valence-corrected chi connectivity index (χ2v) is 6.99. The van der Waals surface area contributed by atoms with Crippen LogP contribution in [0, 0.1) is 0 Å². The fourth-order valence-corrected chi connectivity index (χ4v) is 3.66. The number of aryl methyl sites for hydroxylation is 1. The number of carbonyl (C=O) groups excluding carboxylic acids is 2. The lowest BCUT2D eigenvalue weighted by molar-refractivity contribution is -0.116. The molecule has 0 spiro atoms. The lowest BCUT2D eigenvalue weighted by Crippen LogP contribution is -2.24. The molecule has 2 amide bonds. The first-order valence-electron chi connectivity index (χ1n) is 9.37. The third-order valence-corrected chi connectivity index (χ3v) is 5.03. The van der Waals surface area contributed by atoms with Gasteiger partial charge in [0.1, 0.15) is 11.6 Å². The summed E-state index contributed by atoms with van der Waals surface area (Å²) in [5, 5.41) is 10.0. The first kappa shape index (κ1) is 18.0. The minimum Gasteiger partial charge on any atom is -0.469 e. The van der Waals surface area contributed by atoms with Gasteiger partial charge in [0, 0.05) is 19.5 Å². The predicted octanol–water partition coefficient (Wildman–Crippen LogP) is 2.87. The van der Waals surface area contributed by atoms with Crippen LogP contribution in [-0.4, -0.2) is 28.4 Å². The molecule has 2 aromatic heterocycles. The Hall–Kier alpha value is -4.01. The summed E-state index contributed by atoms with van der Waals surface area (Å²) in [4.78, 5) is 24.7. The van der Waals surface area contributed by atoms with Gasteiger partial charge < -0.3 is 24.5 Å². The van der Waals surface area contributed by atoms with E-state index in [4.69, 9.17) is 13.9 Å². The molecule has 152 valence electrons. The number of nitrogens with zero attached hydrogens (tertiary/aromatic N) is 2. The maximum Gasteiger partial charge on any atom is 0.249 e. The highest BCUT2D eigenvalue weighted by atomic mass is 16.7. The first-order chi connectivity index (χ1) is 14.6. The molecular formula is C21H18N4O5. The number of hydrogen-bond acceptors (Lipinski definition) is 6. The summed E-state index contributed by atoms with van der Waals surface area (Å²) in [5.74, 6) is 2.10. The monoisotopic (exact) mass is 406 g/mol. The molecule has 1 atom stereocenters. The van der Waals surface area contributed by atoms with E-state index in [2.05, 4.69) is 15.7 Å². The van der Waals surface area contributed by atoms with Crippen molar-refractivity contribution in [3.05, 3.63) is 59.6 Å². The van der Waals surface area contributed by atoms with E-state index in [0.717, 1.165) is 11.1 Å². The number of carbonyl (C=O) groups is 2. The summed E-state index contributed by atoms with van der Waals surface area (Å²) in [6.07, 6.45) is 4.87. The molecule has 1 unspecified atom stereocenters. The van der Waals surface area contributed by atoms with E-state index in [0.29, 0.717) is 28.9 Å². The maximum absolute atomic E-state index is 12.6. The Labute approximate surface area is 171 Å². The van der Waals surface area contributed by atoms with Crippen LogP contribution in [0.3, 0.4) is 0 Å². The Morgan fingerprint density at radius 3 is 3.00 bits per heavy atom. The minimum absolute atomic E-state index is 0.132. The summed E-state index contributed by atoms with van der Waals surface area (Å²) < 4.78 is 17.7. The number of aromatic nitrogens is 2. The standard InChI is InChI=1S/C21H18N4O5/c1-25-21-19(13(10-18(27)23-21)14-3-2-8-28-14)20(24-25)22-17(26)7-5-12-4-6-15-16(9-12)30-11-29-15/h2-9,13H,10-11H2,1H3,(H,23,27)(H,22,24,26)/b7-5-. The normalized spacial score (nSPS) is 17.1. The van der Waals surface area contributed by atoms with E-state index in [1.54, 1.807) is 42.3 Å². The molecular weight excluding hydrogens is 388 g/mol. The Morgan fingerprint density at radius 2 is 2.17 bits per heavy atom. The number of furan rings is 1. The number of benzene rings is 1. The van der Waals surface area contributed by atoms with Gasteiger partial charge in [0.2, 0.25) is 18.6 Å². The SMILES string of the molecule is Cn1nc(NC(=O)/C=C\c2ccc3c(c2)OCO3)c2c1NC(=O)CC2c1ccco1. The molecule has 0 saturated heterocycles. The van der Waals surface area contributed by atoms with Crippen molar-refractivity contribution in [3.8, 4) is 11.5 Å². The Balaban J connectivity index is 1.39. The van der Waals surface area contributed by atoms with Crippen molar-refractivity contribution in [3.63, 3.8) is 0 Å². The van der Waals surface area contributed by atoms with Gasteiger partial charge in [-0.05, 0) is 35.9 Å². The molecule has 0 aliphatic carbocycles. The van der Waals surface area contributed by atoms with Crippen molar-refractivity contribution in [2.75, 3.05) is 17.4 Å². The van der Waals surface area contributed by atoms with Gasteiger partial charge in [-0.25, -0.2) is 0 Å². The molecule has 2 aliphatic heterocycles. The van der Waals surface area contributed by atoms with Crippen LogP contribution in [0.5, 0.6) is 11.5 Å². The highest BCUT2D eigenvalue weighted by Gasteiger charge is 2.34. The highest BCUT2D eigenvalue weighted by Crippen LogP contribution is 2.41. The van der Waals surface area contributed by atoms with Crippen LogP contribution < -0.4 is 20.1 Å². The fourth-order valence-electron chi connectivity index (χ4n) is 3.66. The lowest BCUT2D eigenvalue weighted by Gasteiger charge is -2.22. The van der Waals surface area contributed by atoms with Gasteiger partial charge in [-0.15, -0.1) is 0 Å². The first-order valence-corrected chi connectivity index (χ1v) is 9.37. The Bertz CT molecular complexity index is 1160. The summed E-state index contributed by atoms with van der Waals surface area (Å²) in [6, 6.07) is 9.01. The molecule has 1 aromatic carbocycles. The summed E-state index contributed by atoms with van der Waals surface area (Å²) >= 11 is 0. The quantitative estimate of drug-likeness (QED) is 0.645. The molecule has 9 heteroatoms. The molecule has 30 heavy (non-hydrogen) atoms. The molecule has 9 nitrogen and oxygen atoms in total. The largest absolute Gasteiger partial charge is 0.469 e. The van der Waals surface area contributed by atoms with Crippen molar-refractivity contribution < 1.29 is 23.5 Å². The average molecular weight is 406 g/mol. The van der Waals surface area contributed by atoms with Crippen LogP contribution in [0.2, 0.25) is 0 Å². The average Bonchev–Trinajstić information content (AvgIpc) is 3.47. The third-order valence-electron chi connectivity index (χ3n) is 5.03. The van der Waals surface area contributed by atoms with Crippen molar-refractivity contribution in [1.29, 1.82) is 0 Å².